The van der Waals surface area contributed by atoms with Gasteiger partial charge in [-0.15, -0.1) is 0 Å². The van der Waals surface area contributed by atoms with E-state index in [4.69, 9.17) is 0 Å². The molecule has 2 aromatic rings. The van der Waals surface area contributed by atoms with E-state index in [1.54, 1.807) is 31.3 Å². The molecule has 1 amide bonds. The maximum atomic E-state index is 13.9. The molecule has 0 saturated heterocycles. The largest absolute Gasteiger partial charge is 0.387 e. The average Bonchev–Trinajstić information content (AvgIpc) is 2.47. The van der Waals surface area contributed by atoms with Crippen LogP contribution in [0.5, 0.6) is 0 Å². The summed E-state index contributed by atoms with van der Waals surface area (Å²) < 4.78 is 27.5. The van der Waals surface area contributed by atoms with Crippen LogP contribution in [-0.4, -0.2) is 13.0 Å². The number of carbonyl (C=O) groups excluding carboxylic acids is 1. The fraction of sp³-hybridized carbons (Fsp3) is 0.133. The lowest BCUT2D eigenvalue weighted by Gasteiger charge is -2.11. The summed E-state index contributed by atoms with van der Waals surface area (Å²) in [7, 11) is 1.67. The first-order chi connectivity index (χ1) is 9.54. The van der Waals surface area contributed by atoms with Crippen LogP contribution in [0.3, 0.4) is 0 Å². The second kappa shape index (κ2) is 5.69. The number of anilines is 2. The number of nitrogens with one attached hydrogen (secondary N) is 2. The highest BCUT2D eigenvalue weighted by molar-refractivity contribution is 6.08. The van der Waals surface area contributed by atoms with Gasteiger partial charge in [0.25, 0.3) is 5.91 Å². The molecule has 0 aromatic heterocycles. The molecule has 20 heavy (non-hydrogen) atoms. The van der Waals surface area contributed by atoms with Crippen LogP contribution in [0.1, 0.15) is 15.9 Å². The topological polar surface area (TPSA) is 41.1 Å². The van der Waals surface area contributed by atoms with Gasteiger partial charge in [-0.2, -0.15) is 0 Å². The minimum Gasteiger partial charge on any atom is -0.387 e. The van der Waals surface area contributed by atoms with E-state index >= 15 is 0 Å². The zero-order valence-electron chi connectivity index (χ0n) is 11.1. The van der Waals surface area contributed by atoms with E-state index in [-0.39, 0.29) is 5.56 Å². The molecule has 0 atom stereocenters. The summed E-state index contributed by atoms with van der Waals surface area (Å²) in [6.07, 6.45) is 0. The van der Waals surface area contributed by atoms with Crippen molar-refractivity contribution < 1.29 is 13.6 Å². The quantitative estimate of drug-likeness (QED) is 0.899. The Kier molecular flexibility index (Phi) is 3.98. The zero-order chi connectivity index (χ0) is 14.7. The molecule has 0 spiro atoms. The van der Waals surface area contributed by atoms with Crippen molar-refractivity contribution >= 4 is 17.3 Å². The zero-order valence-corrected chi connectivity index (χ0v) is 11.1. The number of hydrogen-bond acceptors (Lipinski definition) is 2. The second-order valence-corrected chi connectivity index (χ2v) is 4.30. The van der Waals surface area contributed by atoms with Crippen molar-refractivity contribution in [3.05, 3.63) is 59.2 Å². The molecule has 0 radical (unpaired) electrons. The minimum atomic E-state index is -0.802. The van der Waals surface area contributed by atoms with E-state index in [0.29, 0.717) is 11.3 Å². The number of halogens is 2. The van der Waals surface area contributed by atoms with Gasteiger partial charge in [0.1, 0.15) is 11.5 Å². The summed E-state index contributed by atoms with van der Waals surface area (Å²) in [5, 5.41) is 5.14. The van der Waals surface area contributed by atoms with E-state index in [1.165, 1.54) is 13.0 Å². The molecule has 0 heterocycles. The number of para-hydroxylation sites is 1. The Labute approximate surface area is 115 Å². The molecule has 0 aliphatic heterocycles. The third-order valence-electron chi connectivity index (χ3n) is 2.96. The predicted octanol–water partition coefficient (Wildman–Crippen LogP) is 3.57. The molecule has 5 heteroatoms. The van der Waals surface area contributed by atoms with Crippen molar-refractivity contribution in [1.82, 2.24) is 0 Å². The van der Waals surface area contributed by atoms with Crippen molar-refractivity contribution in [3.63, 3.8) is 0 Å². The van der Waals surface area contributed by atoms with Gasteiger partial charge in [0.15, 0.2) is 5.82 Å². The first-order valence-corrected chi connectivity index (χ1v) is 6.07. The third-order valence-corrected chi connectivity index (χ3v) is 2.96. The van der Waals surface area contributed by atoms with Crippen LogP contribution in [0.15, 0.2) is 36.4 Å². The highest BCUT2D eigenvalue weighted by Crippen LogP contribution is 2.23. The molecule has 0 fully saturated rings. The number of carbonyl (C=O) groups is 1. The minimum absolute atomic E-state index is 0.267. The summed E-state index contributed by atoms with van der Waals surface area (Å²) in [5.41, 5.74) is 0.735. The normalized spacial score (nSPS) is 10.2. The van der Waals surface area contributed by atoms with Crippen LogP contribution in [0.25, 0.3) is 0 Å². The Morgan fingerprint density at radius 3 is 2.50 bits per heavy atom. The molecule has 104 valence electrons. The molecule has 0 aliphatic rings. The van der Waals surface area contributed by atoms with Gasteiger partial charge in [0.2, 0.25) is 0 Å². The average molecular weight is 276 g/mol. The highest BCUT2D eigenvalue weighted by Gasteiger charge is 2.16. The Morgan fingerprint density at radius 2 is 1.80 bits per heavy atom. The van der Waals surface area contributed by atoms with E-state index in [1.807, 2.05) is 0 Å². The van der Waals surface area contributed by atoms with Crippen LogP contribution >= 0.6 is 0 Å². The van der Waals surface area contributed by atoms with E-state index < -0.39 is 23.2 Å². The van der Waals surface area contributed by atoms with Crippen LogP contribution < -0.4 is 10.6 Å². The van der Waals surface area contributed by atoms with Gasteiger partial charge < -0.3 is 10.6 Å². The summed E-state index contributed by atoms with van der Waals surface area (Å²) in [6.45, 7) is 1.51. The lowest BCUT2D eigenvalue weighted by atomic mass is 10.1. The smallest absolute Gasteiger partial charge is 0.257 e. The molecule has 2 aromatic carbocycles. The van der Waals surface area contributed by atoms with Crippen LogP contribution in [0.2, 0.25) is 0 Å². The van der Waals surface area contributed by atoms with Crippen molar-refractivity contribution in [2.45, 2.75) is 6.92 Å². The molecular formula is C15H14F2N2O. The molecule has 3 nitrogen and oxygen atoms in total. The maximum absolute atomic E-state index is 13.9. The first-order valence-electron chi connectivity index (χ1n) is 6.07. The molecule has 2 rings (SSSR count). The summed E-state index contributed by atoms with van der Waals surface area (Å²) >= 11 is 0. The summed E-state index contributed by atoms with van der Waals surface area (Å²) in [5.74, 6) is -2.14. The standard InChI is InChI=1S/C15H14F2N2O/c1-9-7-8-11(16)14(13(9)17)19-15(20)10-5-3-4-6-12(10)18-2/h3-8,18H,1-2H3,(H,19,20). The maximum Gasteiger partial charge on any atom is 0.257 e. The Hall–Kier alpha value is -2.43. The lowest BCUT2D eigenvalue weighted by Crippen LogP contribution is -2.16. The van der Waals surface area contributed by atoms with E-state index in [0.717, 1.165) is 6.07 Å². The first kappa shape index (κ1) is 14.0. The number of aryl methyl sites for hydroxylation is 1. The fourth-order valence-electron chi connectivity index (χ4n) is 1.85. The molecular weight excluding hydrogens is 262 g/mol. The van der Waals surface area contributed by atoms with E-state index in [9.17, 15) is 13.6 Å². The van der Waals surface area contributed by atoms with Crippen LogP contribution in [-0.2, 0) is 0 Å². The summed E-state index contributed by atoms with van der Waals surface area (Å²) in [6, 6.07) is 9.17. The fourth-order valence-corrected chi connectivity index (χ4v) is 1.85. The van der Waals surface area contributed by atoms with E-state index in [2.05, 4.69) is 10.6 Å². The van der Waals surface area contributed by atoms with Crippen molar-refractivity contribution in [1.29, 1.82) is 0 Å². The second-order valence-electron chi connectivity index (χ2n) is 4.30. The van der Waals surface area contributed by atoms with Gasteiger partial charge in [-0.05, 0) is 30.7 Å². The van der Waals surface area contributed by atoms with Gasteiger partial charge >= 0.3 is 0 Å². The molecule has 0 saturated carbocycles. The van der Waals surface area contributed by atoms with Gasteiger partial charge in [-0.1, -0.05) is 18.2 Å². The molecule has 0 unspecified atom stereocenters. The Balaban J connectivity index is 2.35. The highest BCUT2D eigenvalue weighted by atomic mass is 19.1. The molecule has 0 aliphatic carbocycles. The predicted molar refractivity (Wildman–Crippen MR) is 75.0 cm³/mol. The Morgan fingerprint density at radius 1 is 1.10 bits per heavy atom. The number of hydrogen-bond donors (Lipinski definition) is 2. The van der Waals surface area contributed by atoms with Gasteiger partial charge in [0.05, 0.1) is 5.56 Å². The number of rotatable bonds is 3. The van der Waals surface area contributed by atoms with Gasteiger partial charge in [-0.25, -0.2) is 8.78 Å². The molecule has 0 bridgehead atoms. The van der Waals surface area contributed by atoms with Crippen molar-refractivity contribution in [2.24, 2.45) is 0 Å². The van der Waals surface area contributed by atoms with Crippen molar-refractivity contribution in [2.75, 3.05) is 17.7 Å². The third kappa shape index (κ3) is 2.61. The Bertz CT molecular complexity index is 656. The summed E-state index contributed by atoms with van der Waals surface area (Å²) in [4.78, 5) is 12.1. The monoisotopic (exact) mass is 276 g/mol. The van der Waals surface area contributed by atoms with Crippen molar-refractivity contribution in [3.8, 4) is 0 Å². The molecule has 2 N–H and O–H groups in total. The van der Waals surface area contributed by atoms with Crippen LogP contribution in [0.4, 0.5) is 20.2 Å². The SMILES string of the molecule is CNc1ccccc1C(=O)Nc1c(F)ccc(C)c1F. The lowest BCUT2D eigenvalue weighted by molar-refractivity contribution is 0.102. The van der Waals surface area contributed by atoms with Gasteiger partial charge in [-0.3, -0.25) is 4.79 Å². The number of amides is 1. The van der Waals surface area contributed by atoms with Crippen LogP contribution in [0, 0.1) is 18.6 Å². The van der Waals surface area contributed by atoms with Gasteiger partial charge in [0, 0.05) is 12.7 Å². The number of benzene rings is 2.